The standard InChI is InChI=1S/C20H22F3N3O4/c21-20(22,23)30-11-5-6-13(17(28)9-11)18-12-7-8-29-10-14(12)19(26-25-18)24-15-3-1-2-4-16(15)27/h5-6,9,15-16,27-28H,1-4,7-8,10H2,(H,24,26)/t15-,16-/m1/s1. The summed E-state index contributed by atoms with van der Waals surface area (Å²) in [5.74, 6) is -0.377. The number of hydrogen-bond donors (Lipinski definition) is 3. The molecule has 0 bridgehead atoms. The predicted octanol–water partition coefficient (Wildman–Crippen LogP) is 3.54. The van der Waals surface area contributed by atoms with E-state index in [4.69, 9.17) is 4.74 Å². The highest BCUT2D eigenvalue weighted by Gasteiger charge is 2.32. The molecule has 2 atom stereocenters. The molecule has 1 aliphatic carbocycles. The van der Waals surface area contributed by atoms with Crippen LogP contribution >= 0.6 is 0 Å². The van der Waals surface area contributed by atoms with Gasteiger partial charge in [-0.1, -0.05) is 12.8 Å². The summed E-state index contributed by atoms with van der Waals surface area (Å²) in [6.45, 7) is 0.742. The molecule has 30 heavy (non-hydrogen) atoms. The lowest BCUT2D eigenvalue weighted by molar-refractivity contribution is -0.274. The number of nitrogens with zero attached hydrogens (tertiary/aromatic N) is 2. The molecule has 10 heteroatoms. The second kappa shape index (κ2) is 8.27. The number of hydrogen-bond acceptors (Lipinski definition) is 7. The lowest BCUT2D eigenvalue weighted by atomic mass is 9.92. The van der Waals surface area contributed by atoms with Gasteiger partial charge >= 0.3 is 6.36 Å². The number of aliphatic hydroxyl groups is 1. The van der Waals surface area contributed by atoms with Crippen molar-refractivity contribution in [3.8, 4) is 22.8 Å². The number of rotatable bonds is 4. The average Bonchev–Trinajstić information content (AvgIpc) is 2.69. The summed E-state index contributed by atoms with van der Waals surface area (Å²) in [6.07, 6.45) is -1.25. The van der Waals surface area contributed by atoms with Crippen molar-refractivity contribution < 1.29 is 32.9 Å². The quantitative estimate of drug-likeness (QED) is 0.690. The van der Waals surface area contributed by atoms with Gasteiger partial charge in [0.2, 0.25) is 0 Å². The third-order valence-corrected chi connectivity index (χ3v) is 5.44. The lowest BCUT2D eigenvalue weighted by Crippen LogP contribution is -2.37. The monoisotopic (exact) mass is 425 g/mol. The summed E-state index contributed by atoms with van der Waals surface area (Å²) < 4.78 is 46.7. The molecular formula is C20H22F3N3O4. The number of halogens is 3. The highest BCUT2D eigenvalue weighted by atomic mass is 19.4. The van der Waals surface area contributed by atoms with Gasteiger partial charge in [-0.05, 0) is 37.0 Å². The molecule has 2 heterocycles. The summed E-state index contributed by atoms with van der Waals surface area (Å²) in [4.78, 5) is 0. The Kier molecular flexibility index (Phi) is 5.70. The van der Waals surface area contributed by atoms with E-state index in [0.717, 1.165) is 48.9 Å². The number of aromatic nitrogens is 2. The molecule has 2 aliphatic rings. The van der Waals surface area contributed by atoms with E-state index in [1.54, 1.807) is 0 Å². The highest BCUT2D eigenvalue weighted by molar-refractivity contribution is 5.73. The van der Waals surface area contributed by atoms with E-state index in [9.17, 15) is 23.4 Å². The number of ether oxygens (including phenoxy) is 2. The molecule has 7 nitrogen and oxygen atoms in total. The van der Waals surface area contributed by atoms with E-state index in [1.807, 2.05) is 0 Å². The number of phenols is 1. The van der Waals surface area contributed by atoms with Crippen LogP contribution in [0, 0.1) is 0 Å². The number of alkyl halides is 3. The van der Waals surface area contributed by atoms with Gasteiger partial charge in [0.1, 0.15) is 17.2 Å². The first kappa shape index (κ1) is 20.7. The fraction of sp³-hybridized carbons (Fsp3) is 0.500. The van der Waals surface area contributed by atoms with Gasteiger partial charge in [-0.25, -0.2) is 0 Å². The smallest absolute Gasteiger partial charge is 0.507 e. The van der Waals surface area contributed by atoms with Crippen LogP contribution in [-0.2, 0) is 17.8 Å². The molecule has 0 radical (unpaired) electrons. The molecule has 1 saturated carbocycles. The number of nitrogens with one attached hydrogen (secondary N) is 1. The van der Waals surface area contributed by atoms with Crippen molar-refractivity contribution in [2.75, 3.05) is 11.9 Å². The van der Waals surface area contributed by atoms with E-state index in [1.165, 1.54) is 6.07 Å². The van der Waals surface area contributed by atoms with Crippen LogP contribution in [0.15, 0.2) is 18.2 Å². The lowest BCUT2D eigenvalue weighted by Gasteiger charge is -2.30. The maximum absolute atomic E-state index is 12.4. The van der Waals surface area contributed by atoms with Crippen LogP contribution in [0.5, 0.6) is 11.5 Å². The largest absolute Gasteiger partial charge is 0.573 e. The van der Waals surface area contributed by atoms with Crippen molar-refractivity contribution in [1.82, 2.24) is 10.2 Å². The van der Waals surface area contributed by atoms with Crippen molar-refractivity contribution in [3.63, 3.8) is 0 Å². The first-order valence-electron chi connectivity index (χ1n) is 9.82. The van der Waals surface area contributed by atoms with Crippen molar-refractivity contribution >= 4 is 5.82 Å². The first-order valence-corrected chi connectivity index (χ1v) is 9.82. The second-order valence-electron chi connectivity index (χ2n) is 7.49. The molecule has 0 amide bonds. The zero-order valence-electron chi connectivity index (χ0n) is 16.1. The molecule has 4 rings (SSSR count). The van der Waals surface area contributed by atoms with E-state index in [2.05, 4.69) is 20.3 Å². The van der Waals surface area contributed by atoms with Gasteiger partial charge in [-0.3, -0.25) is 0 Å². The molecule has 3 N–H and O–H groups in total. The summed E-state index contributed by atoms with van der Waals surface area (Å²) in [7, 11) is 0. The minimum atomic E-state index is -4.85. The third kappa shape index (κ3) is 4.44. The first-order chi connectivity index (χ1) is 14.3. The van der Waals surface area contributed by atoms with Gasteiger partial charge in [-0.15, -0.1) is 23.4 Å². The Morgan fingerprint density at radius 3 is 2.67 bits per heavy atom. The Hall–Kier alpha value is -2.59. The van der Waals surface area contributed by atoms with Gasteiger partial charge in [0.25, 0.3) is 0 Å². The Balaban J connectivity index is 1.66. The van der Waals surface area contributed by atoms with Gasteiger partial charge < -0.3 is 25.0 Å². The van der Waals surface area contributed by atoms with Gasteiger partial charge in [0.05, 0.1) is 25.4 Å². The number of benzene rings is 1. The number of phenolic OH excluding ortho intramolecular Hbond substituents is 1. The molecule has 1 aromatic carbocycles. The van der Waals surface area contributed by atoms with Crippen molar-refractivity contribution in [1.29, 1.82) is 0 Å². The molecular weight excluding hydrogens is 403 g/mol. The van der Waals surface area contributed by atoms with Crippen molar-refractivity contribution in [3.05, 3.63) is 29.3 Å². The summed E-state index contributed by atoms with van der Waals surface area (Å²) in [5.41, 5.74) is 2.24. The molecule has 0 spiro atoms. The molecule has 2 aromatic rings. The fourth-order valence-electron chi connectivity index (χ4n) is 3.98. The molecule has 1 aliphatic heterocycles. The molecule has 1 fully saturated rings. The molecule has 0 saturated heterocycles. The number of aromatic hydroxyl groups is 1. The number of aliphatic hydroxyl groups excluding tert-OH is 1. The summed E-state index contributed by atoms with van der Waals surface area (Å²) >= 11 is 0. The molecule has 1 aromatic heterocycles. The molecule has 0 unspecified atom stereocenters. The maximum Gasteiger partial charge on any atom is 0.573 e. The zero-order valence-corrected chi connectivity index (χ0v) is 16.1. The Morgan fingerprint density at radius 2 is 1.93 bits per heavy atom. The summed E-state index contributed by atoms with van der Waals surface area (Å²) in [5, 5.41) is 32.3. The van der Waals surface area contributed by atoms with Crippen LogP contribution in [0.3, 0.4) is 0 Å². The number of anilines is 1. The van der Waals surface area contributed by atoms with E-state index < -0.39 is 18.2 Å². The average molecular weight is 425 g/mol. The third-order valence-electron chi connectivity index (χ3n) is 5.44. The van der Waals surface area contributed by atoms with Crippen molar-refractivity contribution in [2.45, 2.75) is 57.2 Å². The minimum absolute atomic E-state index is 0.128. The second-order valence-corrected chi connectivity index (χ2v) is 7.49. The Morgan fingerprint density at radius 1 is 1.13 bits per heavy atom. The van der Waals surface area contributed by atoms with E-state index in [-0.39, 0.29) is 17.4 Å². The van der Waals surface area contributed by atoms with Gasteiger partial charge in [-0.2, -0.15) is 0 Å². The van der Waals surface area contributed by atoms with Crippen LogP contribution < -0.4 is 10.1 Å². The minimum Gasteiger partial charge on any atom is -0.507 e. The van der Waals surface area contributed by atoms with Crippen LogP contribution in [0.1, 0.15) is 36.8 Å². The predicted molar refractivity (Wildman–Crippen MR) is 101 cm³/mol. The Labute approximate surface area is 170 Å². The van der Waals surface area contributed by atoms with Crippen LogP contribution in [0.2, 0.25) is 0 Å². The van der Waals surface area contributed by atoms with Crippen LogP contribution in [0.25, 0.3) is 11.3 Å². The normalized spacial score (nSPS) is 21.7. The van der Waals surface area contributed by atoms with E-state index >= 15 is 0 Å². The van der Waals surface area contributed by atoms with Gasteiger partial charge in [0.15, 0.2) is 5.82 Å². The Bertz CT molecular complexity index is 923. The fourth-order valence-corrected chi connectivity index (χ4v) is 3.98. The van der Waals surface area contributed by atoms with Gasteiger partial charge in [0, 0.05) is 17.2 Å². The SMILES string of the molecule is Oc1cc(OC(F)(F)F)ccc1-c1nnc(N[C@@H]2CCCC[C@H]2O)c2c1CCOC2. The maximum atomic E-state index is 12.4. The van der Waals surface area contributed by atoms with Crippen LogP contribution in [-0.4, -0.2) is 45.5 Å². The zero-order chi connectivity index (χ0) is 21.3. The topological polar surface area (TPSA) is 96.7 Å². The summed E-state index contributed by atoms with van der Waals surface area (Å²) in [6, 6.07) is 3.23. The van der Waals surface area contributed by atoms with Crippen LogP contribution in [0.4, 0.5) is 19.0 Å². The number of fused-ring (bicyclic) bond motifs is 1. The highest BCUT2D eigenvalue weighted by Crippen LogP contribution is 2.38. The van der Waals surface area contributed by atoms with Crippen molar-refractivity contribution in [2.24, 2.45) is 0 Å². The van der Waals surface area contributed by atoms with E-state index in [0.29, 0.717) is 31.1 Å². The molecule has 162 valence electrons.